The maximum absolute atomic E-state index is 9.60. The zero-order chi connectivity index (χ0) is 18.6. The van der Waals surface area contributed by atoms with Gasteiger partial charge >= 0.3 is 5.97 Å². The van der Waals surface area contributed by atoms with Crippen LogP contribution >= 0.6 is 0 Å². The number of hydrogen-bond acceptors (Lipinski definition) is 9. The number of aliphatic carboxylic acids is 1. The first-order valence-corrected chi connectivity index (χ1v) is 6.52. The second-order valence-electron chi connectivity index (χ2n) is 2.93. The van der Waals surface area contributed by atoms with E-state index in [0.717, 1.165) is 6.42 Å². The van der Waals surface area contributed by atoms with Crippen molar-refractivity contribution in [3.63, 3.8) is 0 Å². The van der Waals surface area contributed by atoms with E-state index in [4.69, 9.17) is 46.0 Å². The Morgan fingerprint density at radius 2 is 0.773 bits per heavy atom. The van der Waals surface area contributed by atoms with Crippen molar-refractivity contribution in [2.24, 2.45) is 0 Å². The Hall–Kier alpha value is -0.850. The summed E-state index contributed by atoms with van der Waals surface area (Å²) in [6.45, 7) is 0.841. The fourth-order valence-electron chi connectivity index (χ4n) is 0.214. The molecule has 0 spiro atoms. The highest BCUT2D eigenvalue weighted by molar-refractivity contribution is 5.66. The number of carboxylic acid groups (broad SMARTS) is 1. The van der Waals surface area contributed by atoms with E-state index in [9.17, 15) is 4.79 Å². The van der Waals surface area contributed by atoms with E-state index in [2.05, 4.69) is 0 Å². The van der Waals surface area contributed by atoms with Crippen LogP contribution in [0.4, 0.5) is 0 Å². The number of aliphatic hydroxyl groups is 8. The van der Waals surface area contributed by atoms with Gasteiger partial charge in [0.1, 0.15) is 0 Å². The van der Waals surface area contributed by atoms with E-state index in [0.29, 0.717) is 6.42 Å². The Balaban J connectivity index is -0.0000000555. The van der Waals surface area contributed by atoms with Crippen LogP contribution in [0.25, 0.3) is 0 Å². The highest BCUT2D eigenvalue weighted by Crippen LogP contribution is 1.82. The highest BCUT2D eigenvalue weighted by atomic mass is 16.4. The fourth-order valence-corrected chi connectivity index (χ4v) is 0.214. The third-order valence-corrected chi connectivity index (χ3v) is 0.864. The molecule has 0 aromatic carbocycles. The summed E-state index contributed by atoms with van der Waals surface area (Å²) in [5.41, 5.74) is 0. The second-order valence-corrected chi connectivity index (χ2v) is 2.93. The zero-order valence-electron chi connectivity index (χ0n) is 13.0. The molecule has 140 valence electrons. The topological polar surface area (TPSA) is 199 Å². The van der Waals surface area contributed by atoms with Gasteiger partial charge < -0.3 is 46.0 Å². The molecular formula is C12H32O10. The van der Waals surface area contributed by atoms with Crippen molar-refractivity contribution < 1.29 is 50.8 Å². The van der Waals surface area contributed by atoms with Gasteiger partial charge in [-0.3, -0.25) is 4.79 Å². The van der Waals surface area contributed by atoms with Crippen LogP contribution < -0.4 is 0 Å². The largest absolute Gasteiger partial charge is 0.481 e. The Labute approximate surface area is 130 Å². The summed E-state index contributed by atoms with van der Waals surface area (Å²) >= 11 is 0. The average Bonchev–Trinajstić information content (AvgIpc) is 2.55. The lowest BCUT2D eigenvalue weighted by Gasteiger charge is -1.79. The van der Waals surface area contributed by atoms with Gasteiger partial charge in [0.05, 0.1) is 52.9 Å². The Morgan fingerprint density at radius 1 is 0.591 bits per heavy atom. The summed E-state index contributed by atoms with van der Waals surface area (Å²) in [7, 11) is 0. The Bertz CT molecular complexity index is 122. The highest BCUT2D eigenvalue weighted by Gasteiger charge is 1.87. The van der Waals surface area contributed by atoms with E-state index < -0.39 is 5.97 Å². The molecule has 10 nitrogen and oxygen atoms in total. The number of rotatable bonds is 6. The van der Waals surface area contributed by atoms with E-state index in [1.165, 1.54) is 0 Å². The monoisotopic (exact) mass is 336 g/mol. The van der Waals surface area contributed by atoms with E-state index >= 15 is 0 Å². The molecule has 0 bridgehead atoms. The Kier molecular flexibility index (Phi) is 74.9. The molecule has 0 unspecified atom stereocenters. The van der Waals surface area contributed by atoms with Gasteiger partial charge in [-0.1, -0.05) is 6.92 Å². The first kappa shape index (κ1) is 32.9. The first-order valence-electron chi connectivity index (χ1n) is 6.52. The molecule has 0 saturated heterocycles. The van der Waals surface area contributed by atoms with Crippen molar-refractivity contribution in [2.75, 3.05) is 52.9 Å². The van der Waals surface area contributed by atoms with E-state index in [1.54, 1.807) is 0 Å². The first-order chi connectivity index (χ1) is 10.4. The van der Waals surface area contributed by atoms with Crippen molar-refractivity contribution in [3.8, 4) is 0 Å². The minimum Gasteiger partial charge on any atom is -0.481 e. The third-order valence-electron chi connectivity index (χ3n) is 0.864. The van der Waals surface area contributed by atoms with Gasteiger partial charge in [0.2, 0.25) is 0 Å². The summed E-state index contributed by atoms with van der Waals surface area (Å²) in [4.78, 5) is 9.60. The van der Waals surface area contributed by atoms with E-state index in [-0.39, 0.29) is 52.9 Å². The molecule has 0 fully saturated rings. The van der Waals surface area contributed by atoms with Gasteiger partial charge in [0.25, 0.3) is 0 Å². The van der Waals surface area contributed by atoms with Crippen LogP contribution in [-0.4, -0.2) is 105 Å². The van der Waals surface area contributed by atoms with Crippen molar-refractivity contribution in [1.29, 1.82) is 0 Å². The van der Waals surface area contributed by atoms with Crippen LogP contribution in [0.15, 0.2) is 0 Å². The molecule has 10 heteroatoms. The summed E-state index contributed by atoms with van der Waals surface area (Å²) < 4.78 is 0. The summed E-state index contributed by atoms with van der Waals surface area (Å²) in [6.07, 6.45) is 1.02. The SMILES string of the molecule is CCCC(=O)O.OCCO.OCCO.OCCO.OCCO. The predicted octanol–water partition coefficient (Wildman–Crippen LogP) is -3.24. The number of carbonyl (C=O) groups is 1. The molecule has 0 aromatic heterocycles. The predicted molar refractivity (Wildman–Crippen MR) is 79.2 cm³/mol. The molecule has 0 aliphatic rings. The number of aliphatic hydroxyl groups excluding tert-OH is 8. The quantitative estimate of drug-likeness (QED) is 0.237. The lowest BCUT2D eigenvalue weighted by molar-refractivity contribution is -0.137. The smallest absolute Gasteiger partial charge is 0.303 e. The van der Waals surface area contributed by atoms with Crippen molar-refractivity contribution in [2.45, 2.75) is 19.8 Å². The van der Waals surface area contributed by atoms with Gasteiger partial charge in [-0.05, 0) is 6.42 Å². The summed E-state index contributed by atoms with van der Waals surface area (Å²) in [5.74, 6) is -0.711. The van der Waals surface area contributed by atoms with Crippen molar-refractivity contribution >= 4 is 5.97 Å². The minimum absolute atomic E-state index is 0.125. The van der Waals surface area contributed by atoms with Crippen LogP contribution in [0.3, 0.4) is 0 Å². The molecule has 0 rings (SSSR count). The summed E-state index contributed by atoms with van der Waals surface area (Å²) in [6, 6.07) is 0. The van der Waals surface area contributed by atoms with Crippen molar-refractivity contribution in [3.05, 3.63) is 0 Å². The molecule has 0 aromatic rings. The Morgan fingerprint density at radius 3 is 0.773 bits per heavy atom. The lowest BCUT2D eigenvalue weighted by Crippen LogP contribution is -1.90. The zero-order valence-corrected chi connectivity index (χ0v) is 13.0. The maximum atomic E-state index is 9.60. The molecule has 9 N–H and O–H groups in total. The second kappa shape index (κ2) is 50.1. The molecule has 0 radical (unpaired) electrons. The number of carboxylic acids is 1. The molecule has 0 amide bonds. The normalized spacial score (nSPS) is 7.68. The van der Waals surface area contributed by atoms with Gasteiger partial charge in [-0.15, -0.1) is 0 Å². The van der Waals surface area contributed by atoms with Gasteiger partial charge in [-0.2, -0.15) is 0 Å². The molecular weight excluding hydrogens is 304 g/mol. The lowest BCUT2D eigenvalue weighted by atomic mass is 10.4. The van der Waals surface area contributed by atoms with Crippen LogP contribution in [0, 0.1) is 0 Å². The summed E-state index contributed by atoms with van der Waals surface area (Å²) in [5, 5.41) is 68.9. The van der Waals surface area contributed by atoms with Gasteiger partial charge in [0.15, 0.2) is 0 Å². The number of hydrogen-bond donors (Lipinski definition) is 9. The van der Waals surface area contributed by atoms with Gasteiger partial charge in [-0.25, -0.2) is 0 Å². The van der Waals surface area contributed by atoms with Crippen molar-refractivity contribution in [1.82, 2.24) is 0 Å². The average molecular weight is 336 g/mol. The molecule has 0 saturated carbocycles. The third kappa shape index (κ3) is 167. The molecule has 0 heterocycles. The standard InChI is InChI=1S/C4H8O2.4C2H6O2/c1-2-3-4(5)6;4*3-1-2-4/h2-3H2,1H3,(H,5,6);4*3-4H,1-2H2. The van der Waals surface area contributed by atoms with Gasteiger partial charge in [0, 0.05) is 6.42 Å². The molecule has 22 heavy (non-hydrogen) atoms. The van der Waals surface area contributed by atoms with Crippen LogP contribution in [0.5, 0.6) is 0 Å². The molecule has 0 aliphatic carbocycles. The van der Waals surface area contributed by atoms with Crippen LogP contribution in [0.2, 0.25) is 0 Å². The van der Waals surface area contributed by atoms with Crippen LogP contribution in [-0.2, 0) is 4.79 Å². The minimum atomic E-state index is -0.711. The molecule has 0 aliphatic heterocycles. The fraction of sp³-hybridized carbons (Fsp3) is 0.917. The maximum Gasteiger partial charge on any atom is 0.303 e. The molecule has 0 atom stereocenters. The van der Waals surface area contributed by atoms with Crippen LogP contribution in [0.1, 0.15) is 19.8 Å². The van der Waals surface area contributed by atoms with E-state index in [1.807, 2.05) is 6.92 Å².